The van der Waals surface area contributed by atoms with Crippen LogP contribution in [0.2, 0.25) is 0 Å². The van der Waals surface area contributed by atoms with Gasteiger partial charge in [0.15, 0.2) is 0 Å². The summed E-state index contributed by atoms with van der Waals surface area (Å²) >= 11 is 0. The van der Waals surface area contributed by atoms with Gasteiger partial charge in [-0.3, -0.25) is 0 Å². The molecule has 0 aromatic heterocycles. The zero-order valence-electron chi connectivity index (χ0n) is 11.8. The molecule has 1 aliphatic carbocycles. The average Bonchev–Trinajstić information content (AvgIpc) is 3.06. The number of rotatable bonds is 6. The van der Waals surface area contributed by atoms with Crippen LogP contribution in [-0.2, 0) is 4.74 Å². The van der Waals surface area contributed by atoms with Crippen LogP contribution in [0.15, 0.2) is 12.1 Å². The first-order valence-electron chi connectivity index (χ1n) is 6.99. The predicted molar refractivity (Wildman–Crippen MR) is 75.7 cm³/mol. The molecule has 0 radical (unpaired) electrons. The van der Waals surface area contributed by atoms with E-state index in [1.807, 2.05) is 0 Å². The van der Waals surface area contributed by atoms with Gasteiger partial charge in [0.05, 0.1) is 12.6 Å². The topological polar surface area (TPSA) is 35.2 Å². The molecule has 2 N–H and O–H groups in total. The molecule has 0 bridgehead atoms. The van der Waals surface area contributed by atoms with E-state index in [1.165, 1.54) is 41.5 Å². The summed E-state index contributed by atoms with van der Waals surface area (Å²) in [5, 5.41) is 0. The molecule has 1 atom stereocenters. The molecule has 1 aromatic rings. The molecule has 2 heteroatoms. The van der Waals surface area contributed by atoms with Gasteiger partial charge in [0.25, 0.3) is 0 Å². The summed E-state index contributed by atoms with van der Waals surface area (Å²) in [6, 6.07) is 4.41. The Kier molecular flexibility index (Phi) is 4.41. The Morgan fingerprint density at radius 3 is 2.39 bits per heavy atom. The van der Waals surface area contributed by atoms with E-state index in [2.05, 4.69) is 32.9 Å². The third-order valence-electron chi connectivity index (χ3n) is 3.77. The number of hydrogen-bond donors (Lipinski definition) is 1. The van der Waals surface area contributed by atoms with E-state index in [-0.39, 0.29) is 6.04 Å². The summed E-state index contributed by atoms with van der Waals surface area (Å²) < 4.78 is 5.72. The Labute approximate surface area is 111 Å². The fourth-order valence-electron chi connectivity index (χ4n) is 2.73. The van der Waals surface area contributed by atoms with Gasteiger partial charge in [-0.2, -0.15) is 0 Å². The molecule has 1 fully saturated rings. The maximum atomic E-state index is 6.25. The van der Waals surface area contributed by atoms with Crippen molar-refractivity contribution < 1.29 is 4.74 Å². The molecule has 1 unspecified atom stereocenters. The smallest absolute Gasteiger partial charge is 0.0659 e. The van der Waals surface area contributed by atoms with Gasteiger partial charge in [-0.1, -0.05) is 30.5 Å². The number of ether oxygens (including phenoxy) is 1. The van der Waals surface area contributed by atoms with Gasteiger partial charge in [-0.05, 0) is 49.8 Å². The zero-order chi connectivity index (χ0) is 13.1. The van der Waals surface area contributed by atoms with E-state index in [9.17, 15) is 0 Å². The lowest BCUT2D eigenvalue weighted by atomic mass is 9.95. The van der Waals surface area contributed by atoms with Crippen LogP contribution in [-0.4, -0.2) is 13.2 Å². The summed E-state index contributed by atoms with van der Waals surface area (Å²) in [5.74, 6) is 0.934. The third-order valence-corrected chi connectivity index (χ3v) is 3.77. The Hall–Kier alpha value is -0.860. The highest BCUT2D eigenvalue weighted by Crippen LogP contribution is 2.32. The maximum absolute atomic E-state index is 6.25. The van der Waals surface area contributed by atoms with Crippen molar-refractivity contribution in [2.45, 2.75) is 46.1 Å². The Morgan fingerprint density at radius 1 is 1.22 bits per heavy atom. The molecule has 2 nitrogen and oxygen atoms in total. The van der Waals surface area contributed by atoms with Crippen LogP contribution < -0.4 is 5.73 Å². The highest BCUT2D eigenvalue weighted by atomic mass is 16.5. The summed E-state index contributed by atoms with van der Waals surface area (Å²) in [7, 11) is 0. The lowest BCUT2D eigenvalue weighted by molar-refractivity contribution is 0.115. The Balaban J connectivity index is 1.88. The van der Waals surface area contributed by atoms with Crippen molar-refractivity contribution in [2.75, 3.05) is 13.2 Å². The minimum absolute atomic E-state index is 0.00445. The number of benzene rings is 1. The SMILES string of the molecule is Cc1cc(C)c(C(N)COCCC2CC2)c(C)c1. The second-order valence-electron chi connectivity index (χ2n) is 5.73. The molecule has 100 valence electrons. The van der Waals surface area contributed by atoms with E-state index >= 15 is 0 Å². The van der Waals surface area contributed by atoms with Crippen LogP contribution in [0.3, 0.4) is 0 Å². The fraction of sp³-hybridized carbons (Fsp3) is 0.625. The second kappa shape index (κ2) is 5.85. The van der Waals surface area contributed by atoms with Crippen molar-refractivity contribution >= 4 is 0 Å². The highest BCUT2D eigenvalue weighted by Gasteiger charge is 2.20. The number of aryl methyl sites for hydroxylation is 3. The minimum Gasteiger partial charge on any atom is -0.379 e. The summed E-state index contributed by atoms with van der Waals surface area (Å²) in [6.45, 7) is 7.90. The molecule has 1 aromatic carbocycles. The molecule has 0 saturated heterocycles. The van der Waals surface area contributed by atoms with Crippen molar-refractivity contribution in [3.05, 3.63) is 34.4 Å². The molecular weight excluding hydrogens is 222 g/mol. The van der Waals surface area contributed by atoms with Crippen molar-refractivity contribution in [1.82, 2.24) is 0 Å². The summed E-state index contributed by atoms with van der Waals surface area (Å²) in [6.07, 6.45) is 4.00. The minimum atomic E-state index is 0.00445. The van der Waals surface area contributed by atoms with Gasteiger partial charge in [-0.15, -0.1) is 0 Å². The molecule has 0 heterocycles. The van der Waals surface area contributed by atoms with Gasteiger partial charge in [-0.25, -0.2) is 0 Å². The molecule has 0 amide bonds. The standard InChI is InChI=1S/C16H25NO/c1-11-8-12(2)16(13(3)9-11)15(17)10-18-7-6-14-4-5-14/h8-9,14-15H,4-7,10,17H2,1-3H3. The van der Waals surface area contributed by atoms with Crippen molar-refractivity contribution in [3.63, 3.8) is 0 Å². The van der Waals surface area contributed by atoms with Gasteiger partial charge in [0.1, 0.15) is 0 Å². The van der Waals surface area contributed by atoms with Crippen LogP contribution in [0.25, 0.3) is 0 Å². The summed E-state index contributed by atoms with van der Waals surface area (Å²) in [5.41, 5.74) is 11.4. The quantitative estimate of drug-likeness (QED) is 0.782. The van der Waals surface area contributed by atoms with Crippen molar-refractivity contribution in [2.24, 2.45) is 11.7 Å². The van der Waals surface area contributed by atoms with Crippen molar-refractivity contribution in [1.29, 1.82) is 0 Å². The van der Waals surface area contributed by atoms with E-state index in [0.29, 0.717) is 6.61 Å². The van der Waals surface area contributed by atoms with Crippen molar-refractivity contribution in [3.8, 4) is 0 Å². The zero-order valence-corrected chi connectivity index (χ0v) is 11.8. The lowest BCUT2D eigenvalue weighted by Gasteiger charge is -2.18. The third kappa shape index (κ3) is 3.56. The van der Waals surface area contributed by atoms with Crippen LogP contribution in [0, 0.1) is 26.7 Å². The first kappa shape index (κ1) is 13.6. The molecule has 0 aliphatic heterocycles. The molecule has 2 rings (SSSR count). The normalized spacial score (nSPS) is 16.9. The largest absolute Gasteiger partial charge is 0.379 e. The van der Waals surface area contributed by atoms with Gasteiger partial charge in [0, 0.05) is 6.61 Å². The van der Waals surface area contributed by atoms with Crippen LogP contribution in [0.1, 0.15) is 47.6 Å². The van der Waals surface area contributed by atoms with Crippen LogP contribution in [0.4, 0.5) is 0 Å². The van der Waals surface area contributed by atoms with E-state index in [0.717, 1.165) is 12.5 Å². The van der Waals surface area contributed by atoms with Gasteiger partial charge >= 0.3 is 0 Å². The molecule has 1 aliphatic rings. The predicted octanol–water partition coefficient (Wildman–Crippen LogP) is 3.43. The van der Waals surface area contributed by atoms with E-state index in [1.54, 1.807) is 0 Å². The summed E-state index contributed by atoms with van der Waals surface area (Å²) in [4.78, 5) is 0. The van der Waals surface area contributed by atoms with Crippen LogP contribution in [0.5, 0.6) is 0 Å². The lowest BCUT2D eigenvalue weighted by Crippen LogP contribution is -2.20. The first-order chi connectivity index (χ1) is 8.58. The van der Waals surface area contributed by atoms with Gasteiger partial charge in [0.2, 0.25) is 0 Å². The number of nitrogens with two attached hydrogens (primary N) is 1. The molecule has 0 spiro atoms. The average molecular weight is 247 g/mol. The number of hydrogen-bond acceptors (Lipinski definition) is 2. The van der Waals surface area contributed by atoms with Crippen LogP contribution >= 0.6 is 0 Å². The molecular formula is C16H25NO. The first-order valence-corrected chi connectivity index (χ1v) is 6.99. The fourth-order valence-corrected chi connectivity index (χ4v) is 2.73. The van der Waals surface area contributed by atoms with E-state index < -0.39 is 0 Å². The van der Waals surface area contributed by atoms with E-state index in [4.69, 9.17) is 10.5 Å². The molecule has 18 heavy (non-hydrogen) atoms. The highest BCUT2D eigenvalue weighted by molar-refractivity contribution is 5.39. The van der Waals surface area contributed by atoms with Gasteiger partial charge < -0.3 is 10.5 Å². The maximum Gasteiger partial charge on any atom is 0.0659 e. The monoisotopic (exact) mass is 247 g/mol. The Bertz CT molecular complexity index is 387. The Morgan fingerprint density at radius 2 is 1.83 bits per heavy atom. The molecule has 1 saturated carbocycles. The second-order valence-corrected chi connectivity index (χ2v) is 5.73.